The van der Waals surface area contributed by atoms with E-state index in [1.165, 1.54) is 11.9 Å². The first kappa shape index (κ1) is 16.5. The van der Waals surface area contributed by atoms with Gasteiger partial charge in [0.2, 0.25) is 5.91 Å². The van der Waals surface area contributed by atoms with Gasteiger partial charge in [-0.3, -0.25) is 4.79 Å². The second-order valence-electron chi connectivity index (χ2n) is 7.15. The number of hydrogen-bond acceptors (Lipinski definition) is 3. The van der Waals surface area contributed by atoms with Crippen molar-refractivity contribution in [2.45, 2.75) is 31.7 Å². The maximum absolute atomic E-state index is 12.6. The first-order chi connectivity index (χ1) is 12.7. The fourth-order valence-electron chi connectivity index (χ4n) is 3.76. The Labute approximate surface area is 153 Å². The molecule has 2 aromatic carbocycles. The van der Waals surface area contributed by atoms with Crippen LogP contribution >= 0.6 is 0 Å². The van der Waals surface area contributed by atoms with Gasteiger partial charge in [0.15, 0.2) is 0 Å². The number of nitrogens with zero attached hydrogens (tertiary/aromatic N) is 4. The summed E-state index contributed by atoms with van der Waals surface area (Å²) in [4.78, 5) is 18.6. The van der Waals surface area contributed by atoms with Crippen LogP contribution in [0.5, 0.6) is 0 Å². The van der Waals surface area contributed by atoms with E-state index in [2.05, 4.69) is 47.3 Å². The summed E-state index contributed by atoms with van der Waals surface area (Å²) in [5.41, 5.74) is 3.31. The molecule has 5 heteroatoms. The lowest BCUT2D eigenvalue weighted by atomic mass is 9.75. The van der Waals surface area contributed by atoms with Gasteiger partial charge in [-0.15, -0.1) is 0 Å². The van der Waals surface area contributed by atoms with Gasteiger partial charge in [-0.05, 0) is 23.6 Å². The molecule has 26 heavy (non-hydrogen) atoms. The minimum absolute atomic E-state index is 0.0165. The van der Waals surface area contributed by atoms with Gasteiger partial charge in [-0.25, -0.2) is 9.67 Å². The van der Waals surface area contributed by atoms with Crippen molar-refractivity contribution in [2.75, 3.05) is 6.54 Å². The molecule has 1 atom stereocenters. The van der Waals surface area contributed by atoms with Gasteiger partial charge >= 0.3 is 0 Å². The van der Waals surface area contributed by atoms with Crippen LogP contribution < -0.4 is 0 Å². The minimum Gasteiger partial charge on any atom is -0.337 e. The molecule has 1 saturated heterocycles. The topological polar surface area (TPSA) is 51.0 Å². The fraction of sp³-hybridized carbons (Fsp3) is 0.286. The average Bonchev–Trinajstić information content (AvgIpc) is 3.21. The van der Waals surface area contributed by atoms with Crippen LogP contribution in [-0.4, -0.2) is 32.1 Å². The molecule has 0 bridgehead atoms. The van der Waals surface area contributed by atoms with Gasteiger partial charge in [-0.2, -0.15) is 5.10 Å². The van der Waals surface area contributed by atoms with Crippen molar-refractivity contribution in [3.63, 3.8) is 0 Å². The predicted molar refractivity (Wildman–Crippen MR) is 99.8 cm³/mol. The first-order valence-electron chi connectivity index (χ1n) is 8.92. The van der Waals surface area contributed by atoms with Crippen molar-refractivity contribution in [1.29, 1.82) is 0 Å². The predicted octanol–water partition coefficient (Wildman–Crippen LogP) is 3.35. The van der Waals surface area contributed by atoms with E-state index < -0.39 is 0 Å². The highest BCUT2D eigenvalue weighted by atomic mass is 16.2. The Bertz CT molecular complexity index is 891. The van der Waals surface area contributed by atoms with Crippen molar-refractivity contribution < 1.29 is 4.79 Å². The van der Waals surface area contributed by atoms with Crippen molar-refractivity contribution >= 4 is 5.91 Å². The maximum Gasteiger partial charge on any atom is 0.222 e. The molecule has 4 rings (SSSR count). The number of carbonyl (C=O) groups is 1. The van der Waals surface area contributed by atoms with Crippen LogP contribution in [0.1, 0.15) is 30.9 Å². The van der Waals surface area contributed by atoms with Gasteiger partial charge < -0.3 is 4.90 Å². The Morgan fingerprint density at radius 2 is 1.85 bits per heavy atom. The molecule has 0 unspecified atom stereocenters. The highest BCUT2D eigenvalue weighted by Crippen LogP contribution is 2.35. The molecule has 1 aliphatic heterocycles. The van der Waals surface area contributed by atoms with Crippen molar-refractivity contribution in [3.05, 3.63) is 78.4 Å². The second-order valence-corrected chi connectivity index (χ2v) is 7.15. The van der Waals surface area contributed by atoms with Gasteiger partial charge in [0.1, 0.15) is 12.7 Å². The van der Waals surface area contributed by atoms with E-state index in [4.69, 9.17) is 0 Å². The van der Waals surface area contributed by atoms with Crippen LogP contribution in [0.3, 0.4) is 0 Å². The lowest BCUT2D eigenvalue weighted by Gasteiger charge is -2.41. The van der Waals surface area contributed by atoms with E-state index >= 15 is 0 Å². The van der Waals surface area contributed by atoms with Gasteiger partial charge in [0.05, 0.1) is 5.69 Å². The fourth-order valence-corrected chi connectivity index (χ4v) is 3.76. The van der Waals surface area contributed by atoms with Gasteiger partial charge in [-0.1, -0.05) is 55.5 Å². The number of benzene rings is 2. The molecule has 132 valence electrons. The van der Waals surface area contributed by atoms with Crippen molar-refractivity contribution in [3.8, 4) is 5.69 Å². The first-order valence-corrected chi connectivity index (χ1v) is 8.92. The summed E-state index contributed by atoms with van der Waals surface area (Å²) >= 11 is 0. The zero-order chi connectivity index (χ0) is 18.0. The van der Waals surface area contributed by atoms with Gasteiger partial charge in [0.25, 0.3) is 0 Å². The number of amides is 1. The molecule has 0 spiro atoms. The maximum atomic E-state index is 12.6. The summed E-state index contributed by atoms with van der Waals surface area (Å²) in [6.45, 7) is 3.56. The van der Waals surface area contributed by atoms with E-state index in [-0.39, 0.29) is 11.3 Å². The molecule has 3 aromatic rings. The standard InChI is InChI=1S/C21H22N4O/c1-21(18-8-3-2-4-9-18)12-11-20(26)24(14-21)13-17-7-5-6-10-19(17)25-16-22-15-23-25/h2-10,15-16H,11-14H2,1H3/t21-/m0/s1. The Kier molecular flexibility index (Phi) is 4.29. The molecular weight excluding hydrogens is 324 g/mol. The van der Waals surface area contributed by atoms with Crippen molar-refractivity contribution in [2.24, 2.45) is 0 Å². The Balaban J connectivity index is 1.61. The summed E-state index contributed by atoms with van der Waals surface area (Å²) in [6.07, 6.45) is 4.67. The Morgan fingerprint density at radius 3 is 2.62 bits per heavy atom. The van der Waals surface area contributed by atoms with Crippen LogP contribution in [0.4, 0.5) is 0 Å². The smallest absolute Gasteiger partial charge is 0.222 e. The van der Waals surface area contributed by atoms with Crippen LogP contribution in [0.15, 0.2) is 67.3 Å². The molecular formula is C21H22N4O. The third-order valence-corrected chi connectivity index (χ3v) is 5.27. The lowest BCUT2D eigenvalue weighted by Crippen LogP contribution is -2.47. The third-order valence-electron chi connectivity index (χ3n) is 5.27. The third kappa shape index (κ3) is 3.12. The van der Waals surface area contributed by atoms with Crippen molar-refractivity contribution in [1.82, 2.24) is 19.7 Å². The number of piperidine rings is 1. The zero-order valence-corrected chi connectivity index (χ0v) is 14.9. The average molecular weight is 346 g/mol. The van der Waals surface area contributed by atoms with E-state index in [9.17, 15) is 4.79 Å². The molecule has 1 fully saturated rings. The molecule has 1 amide bonds. The number of para-hydroxylation sites is 1. The molecule has 5 nitrogen and oxygen atoms in total. The Hall–Kier alpha value is -2.95. The number of likely N-dealkylation sites (tertiary alicyclic amines) is 1. The highest BCUT2D eigenvalue weighted by Gasteiger charge is 2.36. The molecule has 0 radical (unpaired) electrons. The molecule has 2 heterocycles. The summed E-state index contributed by atoms with van der Waals surface area (Å²) in [5.74, 6) is 0.215. The van der Waals surface area contributed by atoms with Crippen LogP contribution in [0, 0.1) is 0 Å². The lowest BCUT2D eigenvalue weighted by molar-refractivity contribution is -0.136. The monoisotopic (exact) mass is 346 g/mol. The van der Waals surface area contributed by atoms with Gasteiger partial charge in [0, 0.05) is 24.9 Å². The molecule has 1 aliphatic rings. The normalized spacial score (nSPS) is 20.3. The quantitative estimate of drug-likeness (QED) is 0.728. The zero-order valence-electron chi connectivity index (χ0n) is 14.9. The van der Waals surface area contributed by atoms with Crippen LogP contribution in [0.25, 0.3) is 5.69 Å². The molecule has 0 aliphatic carbocycles. The Morgan fingerprint density at radius 1 is 1.08 bits per heavy atom. The SMILES string of the molecule is C[C@]1(c2ccccc2)CCC(=O)N(Cc2ccccc2-n2cncn2)C1. The summed E-state index contributed by atoms with van der Waals surface area (Å²) in [5, 5.41) is 4.24. The number of aromatic nitrogens is 3. The largest absolute Gasteiger partial charge is 0.337 e. The summed E-state index contributed by atoms with van der Waals surface area (Å²) in [6, 6.07) is 18.5. The van der Waals surface area contributed by atoms with E-state index in [0.29, 0.717) is 13.0 Å². The summed E-state index contributed by atoms with van der Waals surface area (Å²) in [7, 11) is 0. The molecule has 0 saturated carbocycles. The van der Waals surface area contributed by atoms with E-state index in [1.54, 1.807) is 11.0 Å². The number of carbonyl (C=O) groups excluding carboxylic acids is 1. The van der Waals surface area contributed by atoms with Crippen LogP contribution in [-0.2, 0) is 16.8 Å². The van der Waals surface area contributed by atoms with E-state index in [1.807, 2.05) is 29.2 Å². The molecule has 0 N–H and O–H groups in total. The second kappa shape index (κ2) is 6.75. The number of rotatable bonds is 4. The minimum atomic E-state index is -0.0165. The molecule has 1 aromatic heterocycles. The highest BCUT2D eigenvalue weighted by molar-refractivity contribution is 5.77. The van der Waals surface area contributed by atoms with Crippen LogP contribution in [0.2, 0.25) is 0 Å². The number of hydrogen-bond donors (Lipinski definition) is 0. The van der Waals surface area contributed by atoms with E-state index in [0.717, 1.165) is 24.2 Å². The summed E-state index contributed by atoms with van der Waals surface area (Å²) < 4.78 is 1.75.